The minimum atomic E-state index is -0.158. The van der Waals surface area contributed by atoms with Crippen LogP contribution in [-0.2, 0) is 28.5 Å². The summed E-state index contributed by atoms with van der Waals surface area (Å²) in [6, 6.07) is 0.0156. The van der Waals surface area contributed by atoms with Crippen LogP contribution >= 0.6 is 0 Å². The molecule has 1 aliphatic heterocycles. The molecule has 0 spiro atoms. The number of amides is 2. The minimum absolute atomic E-state index is 0.00132. The van der Waals surface area contributed by atoms with E-state index in [1.54, 1.807) is 0 Å². The van der Waals surface area contributed by atoms with E-state index in [1.807, 2.05) is 13.8 Å². The Bertz CT molecular complexity index is 391. The number of nitrogens with one attached hydrogen (secondary N) is 4. The van der Waals surface area contributed by atoms with Crippen LogP contribution in [0.4, 0.5) is 0 Å². The van der Waals surface area contributed by atoms with Gasteiger partial charge in [0.05, 0.1) is 39.6 Å². The average molecular weight is 405 g/mol. The zero-order chi connectivity index (χ0) is 20.5. The Labute approximate surface area is 167 Å². The molecule has 0 bridgehead atoms. The summed E-state index contributed by atoms with van der Waals surface area (Å²) in [6.07, 6.45) is 0. The van der Waals surface area contributed by atoms with Gasteiger partial charge in [-0.3, -0.25) is 9.59 Å². The number of ether oxygens (including phenoxy) is 4. The number of hydrogen-bond donors (Lipinski definition) is 4. The van der Waals surface area contributed by atoms with Gasteiger partial charge in [-0.05, 0) is 13.8 Å². The summed E-state index contributed by atoms with van der Waals surface area (Å²) in [6.45, 7) is 9.16. The van der Waals surface area contributed by atoms with Gasteiger partial charge >= 0.3 is 0 Å². The summed E-state index contributed by atoms with van der Waals surface area (Å²) in [5, 5.41) is 12.2. The van der Waals surface area contributed by atoms with Crippen molar-refractivity contribution in [3.63, 3.8) is 0 Å². The topological polar surface area (TPSA) is 119 Å². The highest BCUT2D eigenvalue weighted by molar-refractivity contribution is 5.77. The van der Waals surface area contributed by atoms with Crippen LogP contribution in [0.15, 0.2) is 0 Å². The van der Waals surface area contributed by atoms with Crippen molar-refractivity contribution in [3.8, 4) is 0 Å². The second-order valence-electron chi connectivity index (χ2n) is 6.68. The van der Waals surface area contributed by atoms with Crippen LogP contribution in [-0.4, -0.2) is 103 Å². The van der Waals surface area contributed by atoms with E-state index in [-0.39, 0.29) is 37.1 Å². The second kappa shape index (κ2) is 16.6. The first-order chi connectivity index (χ1) is 13.6. The monoisotopic (exact) mass is 404 g/mol. The molecule has 1 aliphatic rings. The molecule has 0 aromatic carbocycles. The van der Waals surface area contributed by atoms with Gasteiger partial charge in [-0.1, -0.05) is 0 Å². The Morgan fingerprint density at radius 1 is 0.643 bits per heavy atom. The SMILES string of the molecule is C[C@H]1CNCCOCCNC[C@H](C)NC(=O)COCCOCCOCC(=O)N1. The number of hydrogen-bond acceptors (Lipinski definition) is 8. The molecule has 0 saturated carbocycles. The highest BCUT2D eigenvalue weighted by Crippen LogP contribution is 1.86. The Kier molecular flexibility index (Phi) is 14.7. The molecule has 10 nitrogen and oxygen atoms in total. The molecule has 1 heterocycles. The number of carbonyl (C=O) groups excluding carboxylic acids is 2. The lowest BCUT2D eigenvalue weighted by molar-refractivity contribution is -0.127. The zero-order valence-corrected chi connectivity index (χ0v) is 17.1. The van der Waals surface area contributed by atoms with Gasteiger partial charge in [0.2, 0.25) is 11.8 Å². The summed E-state index contributed by atoms with van der Waals surface area (Å²) in [4.78, 5) is 23.5. The van der Waals surface area contributed by atoms with Crippen molar-refractivity contribution in [2.24, 2.45) is 0 Å². The van der Waals surface area contributed by atoms with Crippen molar-refractivity contribution in [1.82, 2.24) is 21.3 Å². The molecule has 28 heavy (non-hydrogen) atoms. The van der Waals surface area contributed by atoms with Crippen LogP contribution in [0.3, 0.4) is 0 Å². The molecule has 0 unspecified atom stereocenters. The van der Waals surface area contributed by atoms with Crippen LogP contribution in [0.5, 0.6) is 0 Å². The molecule has 10 heteroatoms. The molecule has 0 aromatic rings. The molecule has 1 fully saturated rings. The van der Waals surface area contributed by atoms with Gasteiger partial charge in [0.15, 0.2) is 0 Å². The third-order valence-electron chi connectivity index (χ3n) is 3.77. The van der Waals surface area contributed by atoms with E-state index < -0.39 is 0 Å². The van der Waals surface area contributed by atoms with Crippen molar-refractivity contribution in [1.29, 1.82) is 0 Å². The lowest BCUT2D eigenvalue weighted by Crippen LogP contribution is -2.43. The third kappa shape index (κ3) is 14.7. The van der Waals surface area contributed by atoms with Crippen LogP contribution in [0.25, 0.3) is 0 Å². The van der Waals surface area contributed by atoms with Gasteiger partial charge in [0.1, 0.15) is 13.2 Å². The van der Waals surface area contributed by atoms with E-state index in [2.05, 4.69) is 21.3 Å². The lowest BCUT2D eigenvalue weighted by atomic mass is 10.3. The highest BCUT2D eigenvalue weighted by atomic mass is 16.5. The predicted octanol–water partition coefficient (Wildman–Crippen LogP) is -1.74. The fourth-order valence-corrected chi connectivity index (χ4v) is 2.43. The van der Waals surface area contributed by atoms with E-state index in [9.17, 15) is 9.59 Å². The molecule has 1 rings (SSSR count). The van der Waals surface area contributed by atoms with Gasteiger partial charge in [-0.25, -0.2) is 0 Å². The van der Waals surface area contributed by atoms with Crippen molar-refractivity contribution in [3.05, 3.63) is 0 Å². The van der Waals surface area contributed by atoms with Crippen molar-refractivity contribution in [2.75, 3.05) is 79.0 Å². The van der Waals surface area contributed by atoms with Crippen molar-refractivity contribution < 1.29 is 28.5 Å². The zero-order valence-electron chi connectivity index (χ0n) is 17.1. The van der Waals surface area contributed by atoms with Crippen LogP contribution in [0, 0.1) is 0 Å². The van der Waals surface area contributed by atoms with E-state index in [4.69, 9.17) is 18.9 Å². The molecule has 0 aliphatic carbocycles. The third-order valence-corrected chi connectivity index (χ3v) is 3.77. The van der Waals surface area contributed by atoms with Gasteiger partial charge in [0.25, 0.3) is 0 Å². The molecule has 2 atom stereocenters. The predicted molar refractivity (Wildman–Crippen MR) is 104 cm³/mol. The van der Waals surface area contributed by atoms with Crippen molar-refractivity contribution >= 4 is 11.8 Å². The Balaban J connectivity index is 2.28. The van der Waals surface area contributed by atoms with Crippen LogP contribution in [0.1, 0.15) is 13.8 Å². The van der Waals surface area contributed by atoms with Crippen LogP contribution in [0.2, 0.25) is 0 Å². The fourth-order valence-electron chi connectivity index (χ4n) is 2.43. The first kappa shape index (κ1) is 24.7. The van der Waals surface area contributed by atoms with E-state index >= 15 is 0 Å². The number of rotatable bonds is 0. The van der Waals surface area contributed by atoms with Gasteiger partial charge in [-0.2, -0.15) is 0 Å². The molecular weight excluding hydrogens is 368 g/mol. The molecule has 1 saturated heterocycles. The van der Waals surface area contributed by atoms with Crippen LogP contribution < -0.4 is 21.3 Å². The minimum Gasteiger partial charge on any atom is -0.379 e. The van der Waals surface area contributed by atoms with Gasteiger partial charge in [0, 0.05) is 38.3 Å². The van der Waals surface area contributed by atoms with E-state index in [0.29, 0.717) is 65.8 Å². The largest absolute Gasteiger partial charge is 0.379 e. The maximum absolute atomic E-state index is 11.8. The van der Waals surface area contributed by atoms with E-state index in [1.165, 1.54) is 0 Å². The maximum atomic E-state index is 11.8. The summed E-state index contributed by atoms with van der Waals surface area (Å²) >= 11 is 0. The average Bonchev–Trinajstić information content (AvgIpc) is 2.64. The molecule has 4 N–H and O–H groups in total. The Morgan fingerprint density at radius 2 is 1.04 bits per heavy atom. The standard InChI is InChI=1S/C18H36N4O6/c1-15-11-19-3-5-25-6-4-20-12-16(2)22-18(24)14-28-10-8-26-7-9-27-13-17(23)21-15/h15-16,19-20H,3-14H2,1-2H3,(H,21,23)(H,22,24)/t15-,16-/m0/s1. The second-order valence-corrected chi connectivity index (χ2v) is 6.68. The summed E-state index contributed by atoms with van der Waals surface area (Å²) < 4.78 is 21.4. The van der Waals surface area contributed by atoms with E-state index in [0.717, 1.165) is 0 Å². The Morgan fingerprint density at radius 3 is 1.50 bits per heavy atom. The number of carbonyl (C=O) groups is 2. The molecule has 164 valence electrons. The maximum Gasteiger partial charge on any atom is 0.246 e. The van der Waals surface area contributed by atoms with Crippen molar-refractivity contribution in [2.45, 2.75) is 25.9 Å². The quantitative estimate of drug-likeness (QED) is 0.376. The summed E-state index contributed by atoms with van der Waals surface area (Å²) in [7, 11) is 0. The normalized spacial score (nSPS) is 27.2. The first-order valence-corrected chi connectivity index (χ1v) is 9.89. The molecule has 2 amide bonds. The summed E-state index contributed by atoms with van der Waals surface area (Å²) in [5.41, 5.74) is 0. The smallest absolute Gasteiger partial charge is 0.246 e. The first-order valence-electron chi connectivity index (χ1n) is 9.89. The molecule has 0 radical (unpaired) electrons. The lowest BCUT2D eigenvalue weighted by Gasteiger charge is -2.16. The summed E-state index contributed by atoms with van der Waals surface area (Å²) in [5.74, 6) is -0.315. The molecule has 0 aromatic heterocycles. The highest BCUT2D eigenvalue weighted by Gasteiger charge is 2.08. The van der Waals surface area contributed by atoms with Gasteiger partial charge in [-0.15, -0.1) is 0 Å². The van der Waals surface area contributed by atoms with Gasteiger partial charge < -0.3 is 40.2 Å². The Hall–Kier alpha value is -1.30. The fraction of sp³-hybridized carbons (Fsp3) is 0.889. The molecular formula is C18H36N4O6.